The largest absolute Gasteiger partial charge is 0.383 e. The van der Waals surface area contributed by atoms with E-state index in [1.807, 2.05) is 0 Å². The predicted molar refractivity (Wildman–Crippen MR) is 117 cm³/mol. The third-order valence-electron chi connectivity index (χ3n) is 4.87. The molecule has 0 atom stereocenters. The fraction of sp³-hybridized carbons (Fsp3) is 0.682. The van der Waals surface area contributed by atoms with E-state index in [2.05, 4.69) is 52.1 Å². The van der Waals surface area contributed by atoms with E-state index < -0.39 is 0 Å². The zero-order valence-corrected chi connectivity index (χ0v) is 17.6. The fourth-order valence-corrected chi connectivity index (χ4v) is 3.30. The van der Waals surface area contributed by atoms with Crippen molar-refractivity contribution in [2.75, 3.05) is 45.3 Å². The number of guanidine groups is 1. The molecule has 2 rings (SSSR count). The number of anilines is 1. The quantitative estimate of drug-likeness (QED) is 0.289. The molecule has 1 fully saturated rings. The van der Waals surface area contributed by atoms with E-state index in [1.54, 1.807) is 7.11 Å². The molecular formula is C22H38N4O2. The van der Waals surface area contributed by atoms with Gasteiger partial charge in [0, 0.05) is 39.0 Å². The number of ether oxygens (including phenoxy) is 2. The van der Waals surface area contributed by atoms with Crippen LogP contribution in [0.2, 0.25) is 0 Å². The van der Waals surface area contributed by atoms with Crippen molar-refractivity contribution in [2.45, 2.75) is 58.1 Å². The van der Waals surface area contributed by atoms with Crippen LogP contribution in [0.15, 0.2) is 29.3 Å². The summed E-state index contributed by atoms with van der Waals surface area (Å²) in [6, 6.07) is 8.40. The molecule has 0 bridgehead atoms. The molecule has 3 N–H and O–H groups in total. The number of hydrogen-bond donors (Lipinski definition) is 3. The van der Waals surface area contributed by atoms with Gasteiger partial charge in [-0.3, -0.25) is 0 Å². The van der Waals surface area contributed by atoms with E-state index >= 15 is 0 Å². The van der Waals surface area contributed by atoms with Gasteiger partial charge in [-0.15, -0.1) is 0 Å². The first-order valence-corrected chi connectivity index (χ1v) is 10.8. The van der Waals surface area contributed by atoms with Crippen LogP contribution in [0.1, 0.15) is 51.0 Å². The van der Waals surface area contributed by atoms with Gasteiger partial charge in [0.25, 0.3) is 0 Å². The second-order valence-electron chi connectivity index (χ2n) is 7.22. The number of hydrogen-bond acceptors (Lipinski definition) is 4. The molecule has 6 heteroatoms. The molecule has 1 aliphatic rings. The lowest BCUT2D eigenvalue weighted by Gasteiger charge is -2.22. The maximum Gasteiger partial charge on any atom is 0.191 e. The third-order valence-corrected chi connectivity index (χ3v) is 4.87. The first-order chi connectivity index (χ1) is 13.8. The lowest BCUT2D eigenvalue weighted by atomic mass is 9.98. The van der Waals surface area contributed by atoms with Gasteiger partial charge in [0.2, 0.25) is 0 Å². The molecule has 6 nitrogen and oxygen atoms in total. The van der Waals surface area contributed by atoms with Crippen LogP contribution in [0.25, 0.3) is 0 Å². The van der Waals surface area contributed by atoms with Crippen molar-refractivity contribution < 1.29 is 9.47 Å². The number of nitrogens with one attached hydrogen (secondary N) is 3. The van der Waals surface area contributed by atoms with E-state index in [-0.39, 0.29) is 0 Å². The van der Waals surface area contributed by atoms with Crippen molar-refractivity contribution in [3.8, 4) is 0 Å². The number of methoxy groups -OCH3 is 1. The minimum Gasteiger partial charge on any atom is -0.383 e. The molecule has 0 heterocycles. The van der Waals surface area contributed by atoms with Gasteiger partial charge in [0.1, 0.15) is 0 Å². The molecule has 28 heavy (non-hydrogen) atoms. The van der Waals surface area contributed by atoms with Crippen LogP contribution in [-0.4, -0.2) is 52.0 Å². The first-order valence-electron chi connectivity index (χ1n) is 10.8. The van der Waals surface area contributed by atoms with E-state index in [1.165, 1.54) is 37.7 Å². The molecule has 0 unspecified atom stereocenters. The molecule has 0 amide bonds. The second kappa shape index (κ2) is 14.2. The number of nitrogens with zero attached hydrogens (tertiary/aromatic N) is 1. The summed E-state index contributed by atoms with van der Waals surface area (Å²) in [6.07, 6.45) is 7.98. The number of benzene rings is 1. The summed E-state index contributed by atoms with van der Waals surface area (Å²) < 4.78 is 11.0. The highest BCUT2D eigenvalue weighted by Gasteiger charge is 2.12. The van der Waals surface area contributed by atoms with Gasteiger partial charge in [-0.1, -0.05) is 31.4 Å². The highest BCUT2D eigenvalue weighted by molar-refractivity contribution is 5.79. The number of aliphatic imine (C=N–C) groups is 1. The Hall–Kier alpha value is -1.79. The topological polar surface area (TPSA) is 66.9 Å². The highest BCUT2D eigenvalue weighted by Crippen LogP contribution is 2.20. The number of rotatable bonds is 12. The minimum atomic E-state index is 0.489. The van der Waals surface area contributed by atoms with Crippen LogP contribution < -0.4 is 16.0 Å². The van der Waals surface area contributed by atoms with Gasteiger partial charge in [-0.05, 0) is 43.9 Å². The van der Waals surface area contributed by atoms with Crippen LogP contribution in [-0.2, 0) is 16.0 Å². The summed E-state index contributed by atoms with van der Waals surface area (Å²) >= 11 is 0. The fourth-order valence-electron chi connectivity index (χ4n) is 3.30. The summed E-state index contributed by atoms with van der Waals surface area (Å²) in [5, 5.41) is 10.0. The molecular weight excluding hydrogens is 352 g/mol. The molecule has 0 saturated heterocycles. The Balaban J connectivity index is 1.67. The van der Waals surface area contributed by atoms with Crippen molar-refractivity contribution in [3.63, 3.8) is 0 Å². The Bertz CT molecular complexity index is 542. The van der Waals surface area contributed by atoms with Gasteiger partial charge in [0.05, 0.1) is 19.3 Å². The molecule has 158 valence electrons. The van der Waals surface area contributed by atoms with Crippen molar-refractivity contribution in [3.05, 3.63) is 29.8 Å². The first kappa shape index (κ1) is 22.5. The van der Waals surface area contributed by atoms with Crippen molar-refractivity contribution in [1.29, 1.82) is 0 Å². The standard InChI is InChI=1S/C22H38N4O2/c1-3-23-22(25-14-7-16-28-21-8-5-4-6-9-21)26-18-19-10-12-20(13-11-19)24-15-17-27-2/h10-13,21,24H,3-9,14-18H2,1-2H3,(H2,23,25,26). The van der Waals surface area contributed by atoms with Crippen LogP contribution >= 0.6 is 0 Å². The van der Waals surface area contributed by atoms with Crippen molar-refractivity contribution >= 4 is 11.6 Å². The molecule has 0 aromatic heterocycles. The normalized spacial score (nSPS) is 15.4. The monoisotopic (exact) mass is 390 g/mol. The molecule has 0 spiro atoms. The molecule has 0 radical (unpaired) electrons. The average molecular weight is 391 g/mol. The summed E-state index contributed by atoms with van der Waals surface area (Å²) in [5.41, 5.74) is 2.29. The molecule has 1 aromatic rings. The lowest BCUT2D eigenvalue weighted by Crippen LogP contribution is -2.38. The summed E-state index contributed by atoms with van der Waals surface area (Å²) in [4.78, 5) is 4.69. The van der Waals surface area contributed by atoms with E-state index in [0.717, 1.165) is 44.3 Å². The van der Waals surface area contributed by atoms with Crippen LogP contribution in [0, 0.1) is 0 Å². The summed E-state index contributed by atoms with van der Waals surface area (Å²) in [5.74, 6) is 0.863. The Kier molecular flexibility index (Phi) is 11.4. The Morgan fingerprint density at radius 1 is 1.04 bits per heavy atom. The minimum absolute atomic E-state index is 0.489. The van der Waals surface area contributed by atoms with Crippen molar-refractivity contribution in [1.82, 2.24) is 10.6 Å². The van der Waals surface area contributed by atoms with Gasteiger partial charge in [0.15, 0.2) is 5.96 Å². The molecule has 1 aliphatic carbocycles. The maximum atomic E-state index is 5.99. The Labute approximate surface area is 170 Å². The van der Waals surface area contributed by atoms with Crippen LogP contribution in [0.3, 0.4) is 0 Å². The average Bonchev–Trinajstić information content (AvgIpc) is 2.73. The molecule has 0 aliphatic heterocycles. The Morgan fingerprint density at radius 2 is 1.82 bits per heavy atom. The van der Waals surface area contributed by atoms with Crippen molar-refractivity contribution in [2.24, 2.45) is 4.99 Å². The zero-order valence-electron chi connectivity index (χ0n) is 17.6. The van der Waals surface area contributed by atoms with E-state index in [4.69, 9.17) is 9.47 Å². The second-order valence-corrected chi connectivity index (χ2v) is 7.22. The molecule has 1 aromatic carbocycles. The van der Waals surface area contributed by atoms with E-state index in [9.17, 15) is 0 Å². The third kappa shape index (κ3) is 9.42. The lowest BCUT2D eigenvalue weighted by molar-refractivity contribution is 0.0277. The highest BCUT2D eigenvalue weighted by atomic mass is 16.5. The van der Waals surface area contributed by atoms with Crippen LogP contribution in [0.5, 0.6) is 0 Å². The zero-order chi connectivity index (χ0) is 19.9. The summed E-state index contributed by atoms with van der Waals surface area (Å²) in [7, 11) is 1.71. The van der Waals surface area contributed by atoms with Gasteiger partial charge in [-0.2, -0.15) is 0 Å². The van der Waals surface area contributed by atoms with Gasteiger partial charge >= 0.3 is 0 Å². The SMILES string of the molecule is CCNC(=NCc1ccc(NCCOC)cc1)NCCCOC1CCCCC1. The smallest absolute Gasteiger partial charge is 0.191 e. The summed E-state index contributed by atoms with van der Waals surface area (Å²) in [6.45, 7) is 6.82. The molecule has 1 saturated carbocycles. The van der Waals surface area contributed by atoms with Gasteiger partial charge in [-0.25, -0.2) is 4.99 Å². The predicted octanol–water partition coefficient (Wildman–Crippen LogP) is 3.54. The van der Waals surface area contributed by atoms with Gasteiger partial charge < -0.3 is 25.4 Å². The Morgan fingerprint density at radius 3 is 2.54 bits per heavy atom. The van der Waals surface area contributed by atoms with Crippen LogP contribution in [0.4, 0.5) is 5.69 Å². The maximum absolute atomic E-state index is 5.99. The van der Waals surface area contributed by atoms with E-state index in [0.29, 0.717) is 19.3 Å².